The zero-order chi connectivity index (χ0) is 16.3. The first-order valence-corrected chi connectivity index (χ1v) is 8.65. The first kappa shape index (κ1) is 16.6. The average Bonchev–Trinajstić information content (AvgIpc) is 2.56. The molecule has 3 rings (SSSR count). The highest BCUT2D eigenvalue weighted by Gasteiger charge is 2.41. The summed E-state index contributed by atoms with van der Waals surface area (Å²) < 4.78 is 38.2. The molecule has 0 aromatic heterocycles. The second-order valence-corrected chi connectivity index (χ2v) is 6.81. The van der Waals surface area contributed by atoms with Crippen molar-refractivity contribution in [1.82, 2.24) is 4.90 Å². The van der Waals surface area contributed by atoms with Gasteiger partial charge in [-0.15, -0.1) is 0 Å². The van der Waals surface area contributed by atoms with E-state index in [0.29, 0.717) is 13.1 Å². The van der Waals surface area contributed by atoms with Crippen molar-refractivity contribution in [1.29, 1.82) is 0 Å². The smallest absolute Gasteiger partial charge is 0.372 e. The highest BCUT2D eigenvalue weighted by Crippen LogP contribution is 2.35. The van der Waals surface area contributed by atoms with E-state index in [9.17, 15) is 13.2 Å². The quantitative estimate of drug-likeness (QED) is 0.809. The SMILES string of the molecule is FC(F)(F)C1CCN(c2ccc(CN3CCCCC3)cc2)CC1. The summed E-state index contributed by atoms with van der Waals surface area (Å²) in [6.45, 7) is 4.32. The van der Waals surface area contributed by atoms with E-state index in [0.717, 1.165) is 12.2 Å². The van der Waals surface area contributed by atoms with Crippen molar-refractivity contribution in [3.05, 3.63) is 29.8 Å². The van der Waals surface area contributed by atoms with Crippen LogP contribution in [0.3, 0.4) is 0 Å². The predicted molar refractivity (Wildman–Crippen MR) is 86.6 cm³/mol. The van der Waals surface area contributed by atoms with E-state index < -0.39 is 12.1 Å². The van der Waals surface area contributed by atoms with E-state index in [-0.39, 0.29) is 12.8 Å². The third kappa shape index (κ3) is 4.40. The van der Waals surface area contributed by atoms with E-state index in [1.807, 2.05) is 0 Å². The number of benzene rings is 1. The number of hydrogen-bond donors (Lipinski definition) is 0. The number of anilines is 1. The van der Waals surface area contributed by atoms with Crippen LogP contribution in [0.5, 0.6) is 0 Å². The Bertz CT molecular complexity index is 484. The molecule has 23 heavy (non-hydrogen) atoms. The number of hydrogen-bond acceptors (Lipinski definition) is 2. The Morgan fingerprint density at radius 3 is 2.04 bits per heavy atom. The van der Waals surface area contributed by atoms with Gasteiger partial charge in [0.2, 0.25) is 0 Å². The van der Waals surface area contributed by atoms with Gasteiger partial charge in [0.05, 0.1) is 5.92 Å². The molecule has 0 unspecified atom stereocenters. The number of nitrogens with zero attached hydrogens (tertiary/aromatic N) is 2. The topological polar surface area (TPSA) is 6.48 Å². The fourth-order valence-corrected chi connectivity index (χ4v) is 3.65. The maximum atomic E-state index is 12.7. The van der Waals surface area contributed by atoms with Crippen LogP contribution in [0.4, 0.5) is 18.9 Å². The van der Waals surface area contributed by atoms with E-state index in [1.165, 1.54) is 37.9 Å². The van der Waals surface area contributed by atoms with Crippen molar-refractivity contribution >= 4 is 5.69 Å². The molecule has 0 radical (unpaired) electrons. The van der Waals surface area contributed by atoms with Gasteiger partial charge in [0.1, 0.15) is 0 Å². The Hall–Kier alpha value is -1.23. The van der Waals surface area contributed by atoms with E-state index in [4.69, 9.17) is 0 Å². The molecule has 2 fully saturated rings. The minimum absolute atomic E-state index is 0.207. The van der Waals surface area contributed by atoms with Crippen LogP contribution in [0.1, 0.15) is 37.7 Å². The molecule has 0 amide bonds. The molecular formula is C18H25F3N2. The molecule has 0 spiro atoms. The molecule has 2 aliphatic heterocycles. The zero-order valence-electron chi connectivity index (χ0n) is 13.5. The lowest BCUT2D eigenvalue weighted by Gasteiger charge is -2.34. The van der Waals surface area contributed by atoms with Gasteiger partial charge in [-0.05, 0) is 56.5 Å². The Labute approximate surface area is 136 Å². The molecule has 2 nitrogen and oxygen atoms in total. The van der Waals surface area contributed by atoms with E-state index in [2.05, 4.69) is 34.1 Å². The van der Waals surface area contributed by atoms with Gasteiger partial charge in [0.25, 0.3) is 0 Å². The molecule has 128 valence electrons. The van der Waals surface area contributed by atoms with Crippen molar-refractivity contribution in [2.75, 3.05) is 31.1 Å². The van der Waals surface area contributed by atoms with Crippen LogP contribution in [-0.4, -0.2) is 37.3 Å². The molecule has 5 heteroatoms. The van der Waals surface area contributed by atoms with Crippen molar-refractivity contribution in [3.63, 3.8) is 0 Å². The lowest BCUT2D eigenvalue weighted by molar-refractivity contribution is -0.179. The van der Waals surface area contributed by atoms with Gasteiger partial charge >= 0.3 is 6.18 Å². The standard InChI is InChI=1S/C18H25F3N2/c19-18(20,21)16-8-12-23(13-9-16)17-6-4-15(5-7-17)14-22-10-2-1-3-11-22/h4-7,16H,1-3,8-14H2. The van der Waals surface area contributed by atoms with Gasteiger partial charge in [0.15, 0.2) is 0 Å². The second kappa shape index (κ2) is 7.12. The Morgan fingerprint density at radius 2 is 1.48 bits per heavy atom. The molecule has 2 saturated heterocycles. The molecule has 0 saturated carbocycles. The lowest BCUT2D eigenvalue weighted by Crippen LogP contribution is -2.39. The zero-order valence-corrected chi connectivity index (χ0v) is 13.5. The lowest BCUT2D eigenvalue weighted by atomic mass is 9.96. The predicted octanol–water partition coefficient (Wildman–Crippen LogP) is 4.45. The van der Waals surface area contributed by atoms with Crippen LogP contribution in [0.15, 0.2) is 24.3 Å². The van der Waals surface area contributed by atoms with Crippen LogP contribution >= 0.6 is 0 Å². The Balaban J connectivity index is 1.53. The van der Waals surface area contributed by atoms with Gasteiger partial charge in [-0.25, -0.2) is 0 Å². The van der Waals surface area contributed by atoms with Crippen LogP contribution in [-0.2, 0) is 6.54 Å². The molecule has 0 aliphatic carbocycles. The first-order valence-electron chi connectivity index (χ1n) is 8.65. The van der Waals surface area contributed by atoms with E-state index in [1.54, 1.807) is 0 Å². The van der Waals surface area contributed by atoms with Crippen molar-refractivity contribution in [2.45, 2.75) is 44.8 Å². The molecule has 1 aromatic rings. The fourth-order valence-electron chi connectivity index (χ4n) is 3.65. The molecule has 2 heterocycles. The van der Waals surface area contributed by atoms with Gasteiger partial charge in [-0.1, -0.05) is 18.6 Å². The first-order chi connectivity index (χ1) is 11.0. The average molecular weight is 326 g/mol. The van der Waals surface area contributed by atoms with Crippen molar-refractivity contribution in [3.8, 4) is 0 Å². The van der Waals surface area contributed by atoms with Crippen LogP contribution in [0, 0.1) is 5.92 Å². The molecule has 0 atom stereocenters. The summed E-state index contributed by atoms with van der Waals surface area (Å²) >= 11 is 0. The molecule has 2 aliphatic rings. The Morgan fingerprint density at radius 1 is 0.870 bits per heavy atom. The minimum atomic E-state index is -4.04. The molecule has 1 aromatic carbocycles. The van der Waals surface area contributed by atoms with Crippen molar-refractivity contribution in [2.24, 2.45) is 5.92 Å². The third-order valence-corrected chi connectivity index (χ3v) is 5.11. The van der Waals surface area contributed by atoms with Gasteiger partial charge in [-0.2, -0.15) is 13.2 Å². The monoisotopic (exact) mass is 326 g/mol. The third-order valence-electron chi connectivity index (χ3n) is 5.11. The van der Waals surface area contributed by atoms with E-state index >= 15 is 0 Å². The maximum absolute atomic E-state index is 12.7. The number of piperidine rings is 2. The van der Waals surface area contributed by atoms with Gasteiger partial charge < -0.3 is 4.90 Å². The summed E-state index contributed by atoms with van der Waals surface area (Å²) in [7, 11) is 0. The van der Waals surface area contributed by atoms with Crippen LogP contribution in [0.2, 0.25) is 0 Å². The highest BCUT2D eigenvalue weighted by atomic mass is 19.4. The summed E-state index contributed by atoms with van der Waals surface area (Å²) in [4.78, 5) is 4.56. The molecular weight excluding hydrogens is 301 g/mol. The number of likely N-dealkylation sites (tertiary alicyclic amines) is 1. The Kier molecular flexibility index (Phi) is 5.14. The van der Waals surface area contributed by atoms with Gasteiger partial charge in [-0.3, -0.25) is 4.90 Å². The fraction of sp³-hybridized carbons (Fsp3) is 0.667. The summed E-state index contributed by atoms with van der Waals surface area (Å²) in [6, 6.07) is 8.37. The highest BCUT2D eigenvalue weighted by molar-refractivity contribution is 5.48. The maximum Gasteiger partial charge on any atom is 0.391 e. The summed E-state index contributed by atoms with van der Waals surface area (Å²) in [5.41, 5.74) is 2.34. The second-order valence-electron chi connectivity index (χ2n) is 6.81. The van der Waals surface area contributed by atoms with Crippen LogP contribution < -0.4 is 4.90 Å². The van der Waals surface area contributed by atoms with Gasteiger partial charge in [0, 0.05) is 25.3 Å². The molecule has 0 N–H and O–H groups in total. The summed E-state index contributed by atoms with van der Waals surface area (Å²) in [6.07, 6.45) is 0.282. The number of alkyl halides is 3. The number of rotatable bonds is 3. The normalized spacial score (nSPS) is 21.6. The van der Waals surface area contributed by atoms with Crippen molar-refractivity contribution < 1.29 is 13.2 Å². The largest absolute Gasteiger partial charge is 0.391 e. The minimum Gasteiger partial charge on any atom is -0.372 e. The van der Waals surface area contributed by atoms with Crippen LogP contribution in [0.25, 0.3) is 0 Å². The number of halogens is 3. The summed E-state index contributed by atoms with van der Waals surface area (Å²) in [5, 5.41) is 0. The molecule has 0 bridgehead atoms. The summed E-state index contributed by atoms with van der Waals surface area (Å²) in [5.74, 6) is -1.13.